The Morgan fingerprint density at radius 1 is 0.926 bits per heavy atom. The summed E-state index contributed by atoms with van der Waals surface area (Å²) in [5.74, 6) is -1.75. The minimum absolute atomic E-state index is 0.0780. The fourth-order valence-electron chi connectivity index (χ4n) is 2.09. The van der Waals surface area contributed by atoms with Crippen LogP contribution in [0.25, 0.3) is 12.1 Å². The van der Waals surface area contributed by atoms with E-state index < -0.39 is 36.1 Å². The van der Waals surface area contributed by atoms with Gasteiger partial charge in [-0.05, 0) is 47.5 Å². The van der Waals surface area contributed by atoms with Crippen molar-refractivity contribution in [2.45, 2.75) is 6.42 Å². The Bertz CT molecular complexity index is 1040. The van der Waals surface area contributed by atoms with Crippen LogP contribution in [0.3, 0.4) is 0 Å². The number of phenols is 2. The molecule has 2 aromatic carbocycles. The molecular formula is C21H20O6. The molecule has 0 heterocycles. The summed E-state index contributed by atoms with van der Waals surface area (Å²) in [7, 11) is 2.68. The molecule has 0 fully saturated rings. The van der Waals surface area contributed by atoms with Crippen molar-refractivity contribution < 1.29 is 33.4 Å². The van der Waals surface area contributed by atoms with Crippen molar-refractivity contribution in [2.75, 3.05) is 14.2 Å². The van der Waals surface area contributed by atoms with E-state index in [0.29, 0.717) is 5.56 Å². The van der Waals surface area contributed by atoms with Crippen LogP contribution in [-0.2, 0) is 9.59 Å². The molecule has 0 spiro atoms. The Hall–Kier alpha value is -3.54. The molecule has 27 heavy (non-hydrogen) atoms. The standard InChI is InChI=1S/C21H20O6/c1-26-20-11-14(5-9-18(20)24)3-7-16(22)13-17(23)8-4-15-6-10-19(25)21(12-15)27-2/h3-12,24-25H,13H2,1-2H3/i3D,7D,8D. The van der Waals surface area contributed by atoms with E-state index in [4.69, 9.17) is 13.6 Å². The van der Waals surface area contributed by atoms with E-state index in [9.17, 15) is 19.8 Å². The van der Waals surface area contributed by atoms with Crippen LogP contribution in [0.1, 0.15) is 21.7 Å². The maximum atomic E-state index is 12.3. The van der Waals surface area contributed by atoms with Gasteiger partial charge in [-0.1, -0.05) is 24.3 Å². The molecule has 0 radical (unpaired) electrons. The van der Waals surface area contributed by atoms with Crippen LogP contribution in [0.2, 0.25) is 0 Å². The van der Waals surface area contributed by atoms with E-state index in [2.05, 4.69) is 0 Å². The van der Waals surface area contributed by atoms with Gasteiger partial charge in [-0.3, -0.25) is 9.59 Å². The zero-order valence-corrected chi connectivity index (χ0v) is 14.8. The molecule has 0 aliphatic rings. The normalized spacial score (nSPS) is 13.7. The monoisotopic (exact) mass is 371 g/mol. The highest BCUT2D eigenvalue weighted by atomic mass is 16.5. The number of allylic oxidation sites excluding steroid dienone is 2. The number of methoxy groups -OCH3 is 2. The van der Waals surface area contributed by atoms with Crippen molar-refractivity contribution in [3.63, 3.8) is 0 Å². The molecule has 6 heteroatoms. The summed E-state index contributed by atoms with van der Waals surface area (Å²) in [5, 5.41) is 19.2. The molecule has 0 aromatic heterocycles. The Labute approximate surface area is 161 Å². The summed E-state index contributed by atoms with van der Waals surface area (Å²) in [6.45, 7) is 0. The zero-order chi connectivity index (χ0) is 22.4. The van der Waals surface area contributed by atoms with Crippen molar-refractivity contribution in [1.82, 2.24) is 0 Å². The summed E-state index contributed by atoms with van der Waals surface area (Å²) < 4.78 is 33.7. The molecule has 0 aliphatic heterocycles. The van der Waals surface area contributed by atoms with Gasteiger partial charge in [0.2, 0.25) is 0 Å². The third-order valence-electron chi connectivity index (χ3n) is 3.45. The van der Waals surface area contributed by atoms with Gasteiger partial charge in [0, 0.05) is 0 Å². The predicted molar refractivity (Wildman–Crippen MR) is 102 cm³/mol. The van der Waals surface area contributed by atoms with E-state index in [0.717, 1.165) is 0 Å². The zero-order valence-electron chi connectivity index (χ0n) is 17.8. The number of benzene rings is 2. The van der Waals surface area contributed by atoms with Crippen molar-refractivity contribution in [3.05, 3.63) is 59.6 Å². The van der Waals surface area contributed by atoms with E-state index in [1.165, 1.54) is 56.7 Å². The molecule has 0 atom stereocenters. The lowest BCUT2D eigenvalue weighted by Gasteiger charge is -2.03. The lowest BCUT2D eigenvalue weighted by molar-refractivity contribution is -0.121. The van der Waals surface area contributed by atoms with E-state index in [-0.39, 0.29) is 28.6 Å². The van der Waals surface area contributed by atoms with Gasteiger partial charge in [-0.2, -0.15) is 0 Å². The highest BCUT2D eigenvalue weighted by Gasteiger charge is 2.06. The SMILES string of the molecule is [2H]C(=Cc1ccc(O)c(OC)c1)C(=O)CC(=O)C([2H])=C([2H])c1ccc(O)c(OC)c1. The van der Waals surface area contributed by atoms with Crippen LogP contribution in [0.4, 0.5) is 0 Å². The lowest BCUT2D eigenvalue weighted by atomic mass is 10.1. The maximum absolute atomic E-state index is 12.3. The van der Waals surface area contributed by atoms with Crippen LogP contribution in [-0.4, -0.2) is 36.0 Å². The molecule has 0 saturated heterocycles. The molecule has 2 N–H and O–H groups in total. The number of ketones is 2. The number of hydrogen-bond donors (Lipinski definition) is 2. The topological polar surface area (TPSA) is 93.1 Å². The minimum atomic E-state index is -0.918. The smallest absolute Gasteiger partial charge is 0.163 e. The second kappa shape index (κ2) is 9.24. The van der Waals surface area contributed by atoms with Gasteiger partial charge in [0.1, 0.15) is 0 Å². The van der Waals surface area contributed by atoms with Gasteiger partial charge < -0.3 is 19.7 Å². The van der Waals surface area contributed by atoms with Gasteiger partial charge in [0.15, 0.2) is 34.6 Å². The summed E-state index contributed by atoms with van der Waals surface area (Å²) >= 11 is 0. The molecular weight excluding hydrogens is 348 g/mol. The Morgan fingerprint density at radius 2 is 1.44 bits per heavy atom. The number of carbonyl (C=O) groups is 2. The van der Waals surface area contributed by atoms with Crippen molar-refractivity contribution in [2.24, 2.45) is 0 Å². The number of ether oxygens (including phenoxy) is 2. The molecule has 0 bridgehead atoms. The van der Waals surface area contributed by atoms with E-state index in [1.54, 1.807) is 0 Å². The molecule has 2 rings (SSSR count). The van der Waals surface area contributed by atoms with Crippen molar-refractivity contribution in [3.8, 4) is 23.0 Å². The number of phenolic OH excluding ortho intramolecular Hbond substituents is 2. The Kier molecular flexibility index (Phi) is 5.37. The van der Waals surface area contributed by atoms with Crippen LogP contribution >= 0.6 is 0 Å². The highest BCUT2D eigenvalue weighted by Crippen LogP contribution is 2.27. The third kappa shape index (κ3) is 5.74. The number of carbonyl (C=O) groups excluding carboxylic acids is 2. The van der Waals surface area contributed by atoms with E-state index >= 15 is 0 Å². The molecule has 0 saturated carbocycles. The van der Waals surface area contributed by atoms with Gasteiger partial charge in [-0.25, -0.2) is 0 Å². The van der Waals surface area contributed by atoms with Crippen molar-refractivity contribution >= 4 is 23.7 Å². The molecule has 0 aliphatic carbocycles. The first-order chi connectivity index (χ1) is 14.2. The first kappa shape index (κ1) is 15.7. The van der Waals surface area contributed by atoms with Crippen LogP contribution in [0.15, 0.2) is 48.5 Å². The highest BCUT2D eigenvalue weighted by molar-refractivity contribution is 6.10. The average Bonchev–Trinajstić information content (AvgIpc) is 2.74. The average molecular weight is 371 g/mol. The van der Waals surface area contributed by atoms with Gasteiger partial charge in [0.25, 0.3) is 0 Å². The Morgan fingerprint density at radius 3 is 2.04 bits per heavy atom. The van der Waals surface area contributed by atoms with Gasteiger partial charge in [-0.15, -0.1) is 0 Å². The molecule has 0 unspecified atom stereocenters. The van der Waals surface area contributed by atoms with Crippen molar-refractivity contribution in [1.29, 1.82) is 0 Å². The van der Waals surface area contributed by atoms with Gasteiger partial charge >= 0.3 is 0 Å². The fourth-order valence-corrected chi connectivity index (χ4v) is 2.09. The first-order valence-electron chi connectivity index (χ1n) is 9.34. The summed E-state index contributed by atoms with van der Waals surface area (Å²) in [6, 6.07) is 6.54. The number of rotatable bonds is 8. The van der Waals surface area contributed by atoms with Gasteiger partial charge in [0.05, 0.1) is 24.8 Å². The lowest BCUT2D eigenvalue weighted by Crippen LogP contribution is -2.01. The first-order valence-corrected chi connectivity index (χ1v) is 7.84. The summed E-state index contributed by atoms with van der Waals surface area (Å²) in [4.78, 5) is 24.5. The minimum Gasteiger partial charge on any atom is -0.504 e. The Balaban J connectivity index is 2.19. The van der Waals surface area contributed by atoms with Crippen LogP contribution < -0.4 is 9.47 Å². The fraction of sp³-hybridized carbons (Fsp3) is 0.143. The largest absolute Gasteiger partial charge is 0.504 e. The molecule has 140 valence electrons. The molecule has 0 amide bonds. The quantitative estimate of drug-likeness (QED) is 0.546. The number of aromatic hydroxyl groups is 2. The molecule has 6 nitrogen and oxygen atoms in total. The summed E-state index contributed by atoms with van der Waals surface area (Å²) in [6.07, 6.45) is 0.457. The molecule has 2 aromatic rings. The summed E-state index contributed by atoms with van der Waals surface area (Å²) in [5.41, 5.74) is 0.572. The van der Waals surface area contributed by atoms with Crippen LogP contribution in [0, 0.1) is 0 Å². The second-order valence-corrected chi connectivity index (χ2v) is 5.38. The third-order valence-corrected chi connectivity index (χ3v) is 3.45. The second-order valence-electron chi connectivity index (χ2n) is 5.38. The van der Waals surface area contributed by atoms with Crippen LogP contribution in [0.5, 0.6) is 23.0 Å². The van der Waals surface area contributed by atoms with E-state index in [1.807, 2.05) is 0 Å². The predicted octanol–water partition coefficient (Wildman–Crippen LogP) is 3.37. The maximum Gasteiger partial charge on any atom is 0.163 e. The number of hydrogen-bond acceptors (Lipinski definition) is 6.